The number of furan rings is 1. The largest absolute Gasteiger partial charge is 0.493 e. The highest BCUT2D eigenvalue weighted by Gasteiger charge is 2.13. The topological polar surface area (TPSA) is 110 Å². The Labute approximate surface area is 208 Å². The van der Waals surface area contributed by atoms with Crippen LogP contribution in [0.2, 0.25) is 0 Å². The summed E-state index contributed by atoms with van der Waals surface area (Å²) in [5.41, 5.74) is 4.82. The van der Waals surface area contributed by atoms with Crippen molar-refractivity contribution in [3.63, 3.8) is 0 Å². The maximum absolute atomic E-state index is 12.3. The number of ether oxygens (including phenoxy) is 2. The van der Waals surface area contributed by atoms with Crippen LogP contribution in [0.1, 0.15) is 32.0 Å². The molecule has 0 bridgehead atoms. The van der Waals surface area contributed by atoms with Crippen molar-refractivity contribution in [2.45, 2.75) is 6.61 Å². The summed E-state index contributed by atoms with van der Waals surface area (Å²) in [4.78, 5) is 23.3. The SMILES string of the molecule is COc1cc(/C=N/NC(=O)c2cc3ccccc3o2)cc(I)c1OCc1ccc(C(=O)O)cc1. The molecule has 172 valence electrons. The number of hydrogen-bond donors (Lipinski definition) is 2. The standard InChI is InChI=1S/C25H19IN2O6/c1-32-21-11-16(13-27-28-24(29)22-12-18-4-2-3-5-20(18)34-22)10-19(26)23(21)33-14-15-6-8-17(9-7-15)25(30)31/h2-13H,14H2,1H3,(H,28,29)(H,30,31)/b27-13+. The summed E-state index contributed by atoms with van der Waals surface area (Å²) in [7, 11) is 1.53. The molecule has 8 nitrogen and oxygen atoms in total. The third-order valence-corrected chi connectivity index (χ3v) is 5.67. The number of amides is 1. The van der Waals surface area contributed by atoms with Gasteiger partial charge in [0.1, 0.15) is 12.2 Å². The van der Waals surface area contributed by atoms with Crippen molar-refractivity contribution in [1.29, 1.82) is 0 Å². The van der Waals surface area contributed by atoms with Gasteiger partial charge in [0.25, 0.3) is 0 Å². The molecule has 0 unspecified atom stereocenters. The average molecular weight is 570 g/mol. The van der Waals surface area contributed by atoms with E-state index in [4.69, 9.17) is 19.0 Å². The Hall–Kier alpha value is -3.86. The lowest BCUT2D eigenvalue weighted by Gasteiger charge is -2.13. The second-order valence-electron chi connectivity index (χ2n) is 7.17. The highest BCUT2D eigenvalue weighted by Crippen LogP contribution is 2.34. The predicted octanol–water partition coefficient (Wildman–Crippen LogP) is 5.09. The molecule has 0 radical (unpaired) electrons. The molecule has 4 rings (SSSR count). The Morgan fingerprint density at radius 2 is 1.88 bits per heavy atom. The van der Waals surface area contributed by atoms with Crippen molar-refractivity contribution in [3.8, 4) is 11.5 Å². The lowest BCUT2D eigenvalue weighted by Crippen LogP contribution is -2.16. The molecule has 0 fully saturated rings. The molecule has 0 spiro atoms. The highest BCUT2D eigenvalue weighted by molar-refractivity contribution is 14.1. The van der Waals surface area contributed by atoms with Gasteiger partial charge in [-0.15, -0.1) is 0 Å². The molecular formula is C25H19IN2O6. The van der Waals surface area contributed by atoms with E-state index in [-0.39, 0.29) is 17.9 Å². The van der Waals surface area contributed by atoms with Crippen molar-refractivity contribution in [1.82, 2.24) is 5.43 Å². The zero-order valence-electron chi connectivity index (χ0n) is 17.9. The third-order valence-electron chi connectivity index (χ3n) is 4.86. The van der Waals surface area contributed by atoms with Gasteiger partial charge < -0.3 is 19.0 Å². The van der Waals surface area contributed by atoms with Crippen LogP contribution in [0.3, 0.4) is 0 Å². The Balaban J connectivity index is 1.42. The number of para-hydroxylation sites is 1. The number of methoxy groups -OCH3 is 1. The fourth-order valence-electron chi connectivity index (χ4n) is 3.17. The fraction of sp³-hybridized carbons (Fsp3) is 0.0800. The van der Waals surface area contributed by atoms with Gasteiger partial charge in [-0.1, -0.05) is 30.3 Å². The maximum atomic E-state index is 12.3. The number of benzene rings is 3. The first kappa shape index (κ1) is 23.3. The van der Waals surface area contributed by atoms with Gasteiger partial charge in [0.05, 0.1) is 22.5 Å². The second kappa shape index (κ2) is 10.4. The van der Waals surface area contributed by atoms with Gasteiger partial charge in [-0.05, 0) is 70.1 Å². The van der Waals surface area contributed by atoms with Gasteiger partial charge in [0.2, 0.25) is 0 Å². The minimum atomic E-state index is -0.977. The summed E-state index contributed by atoms with van der Waals surface area (Å²) in [5.74, 6) is -0.212. The maximum Gasteiger partial charge on any atom is 0.335 e. The zero-order valence-corrected chi connectivity index (χ0v) is 20.1. The molecule has 2 N–H and O–H groups in total. The number of nitrogens with one attached hydrogen (secondary N) is 1. The summed E-state index contributed by atoms with van der Waals surface area (Å²) in [6.07, 6.45) is 1.50. The van der Waals surface area contributed by atoms with E-state index in [0.29, 0.717) is 22.6 Å². The number of aromatic carboxylic acids is 1. The molecule has 0 aliphatic carbocycles. The molecule has 0 atom stereocenters. The van der Waals surface area contributed by atoms with Crippen LogP contribution >= 0.6 is 22.6 Å². The van der Waals surface area contributed by atoms with E-state index in [9.17, 15) is 9.59 Å². The normalized spacial score (nSPS) is 11.0. The molecule has 4 aromatic rings. The van der Waals surface area contributed by atoms with Crippen molar-refractivity contribution in [2.75, 3.05) is 7.11 Å². The molecule has 1 aromatic heterocycles. The number of hydrogen-bond acceptors (Lipinski definition) is 6. The van der Waals surface area contributed by atoms with Crippen LogP contribution < -0.4 is 14.9 Å². The molecule has 1 heterocycles. The van der Waals surface area contributed by atoms with E-state index in [1.54, 1.807) is 30.3 Å². The number of halogens is 1. The molecule has 0 saturated carbocycles. The first-order chi connectivity index (χ1) is 16.4. The smallest absolute Gasteiger partial charge is 0.335 e. The first-order valence-electron chi connectivity index (χ1n) is 10.1. The molecular weight excluding hydrogens is 551 g/mol. The average Bonchev–Trinajstić information content (AvgIpc) is 3.28. The van der Waals surface area contributed by atoms with Crippen LogP contribution in [-0.2, 0) is 6.61 Å². The van der Waals surface area contributed by atoms with E-state index in [1.807, 2.05) is 24.3 Å². The van der Waals surface area contributed by atoms with E-state index in [2.05, 4.69) is 33.1 Å². The minimum absolute atomic E-state index is 0.172. The molecule has 0 saturated heterocycles. The number of fused-ring (bicyclic) bond motifs is 1. The quantitative estimate of drug-likeness (QED) is 0.174. The Bertz CT molecular complexity index is 1350. The van der Waals surface area contributed by atoms with Gasteiger partial charge in [-0.2, -0.15) is 5.10 Å². The van der Waals surface area contributed by atoms with Crippen LogP contribution in [0.4, 0.5) is 0 Å². The molecule has 0 aliphatic rings. The van der Waals surface area contributed by atoms with Crippen LogP contribution in [0.25, 0.3) is 11.0 Å². The minimum Gasteiger partial charge on any atom is -0.493 e. The van der Waals surface area contributed by atoms with Gasteiger partial charge in [-0.25, -0.2) is 10.2 Å². The number of carbonyl (C=O) groups is 2. The van der Waals surface area contributed by atoms with Crippen LogP contribution in [-0.4, -0.2) is 30.3 Å². The van der Waals surface area contributed by atoms with Gasteiger partial charge >= 0.3 is 11.9 Å². The third kappa shape index (κ3) is 5.37. The number of carbonyl (C=O) groups excluding carboxylic acids is 1. The van der Waals surface area contributed by atoms with Crippen LogP contribution in [0, 0.1) is 3.57 Å². The van der Waals surface area contributed by atoms with Crippen LogP contribution in [0.5, 0.6) is 11.5 Å². The van der Waals surface area contributed by atoms with Gasteiger partial charge in [-0.3, -0.25) is 4.79 Å². The molecule has 9 heteroatoms. The summed E-state index contributed by atoms with van der Waals surface area (Å²) in [6, 6.07) is 19.1. The number of hydrazone groups is 1. The molecule has 3 aromatic carbocycles. The lowest BCUT2D eigenvalue weighted by atomic mass is 10.1. The fourth-order valence-corrected chi connectivity index (χ4v) is 3.95. The van der Waals surface area contributed by atoms with Crippen molar-refractivity contribution in [3.05, 3.63) is 92.8 Å². The Morgan fingerprint density at radius 1 is 1.12 bits per heavy atom. The number of rotatable bonds is 8. The van der Waals surface area contributed by atoms with Gasteiger partial charge in [0.15, 0.2) is 17.3 Å². The molecule has 0 aliphatic heterocycles. The lowest BCUT2D eigenvalue weighted by molar-refractivity contribution is 0.0696. The van der Waals surface area contributed by atoms with Gasteiger partial charge in [0, 0.05) is 5.39 Å². The summed E-state index contributed by atoms with van der Waals surface area (Å²) in [5, 5.41) is 13.9. The molecule has 34 heavy (non-hydrogen) atoms. The summed E-state index contributed by atoms with van der Waals surface area (Å²) < 4.78 is 17.7. The van der Waals surface area contributed by atoms with Crippen molar-refractivity contribution < 1.29 is 28.6 Å². The first-order valence-corrected chi connectivity index (χ1v) is 11.2. The second-order valence-corrected chi connectivity index (χ2v) is 8.33. The van der Waals surface area contributed by atoms with E-state index < -0.39 is 11.9 Å². The van der Waals surface area contributed by atoms with E-state index in [0.717, 1.165) is 14.5 Å². The Morgan fingerprint density at radius 3 is 2.59 bits per heavy atom. The number of carboxylic acid groups (broad SMARTS) is 1. The summed E-state index contributed by atoms with van der Waals surface area (Å²) >= 11 is 2.13. The van der Waals surface area contributed by atoms with Crippen molar-refractivity contribution in [2.24, 2.45) is 5.10 Å². The van der Waals surface area contributed by atoms with Crippen molar-refractivity contribution >= 4 is 51.7 Å². The van der Waals surface area contributed by atoms with E-state index >= 15 is 0 Å². The number of nitrogens with zero attached hydrogens (tertiary/aromatic N) is 1. The van der Waals surface area contributed by atoms with Crippen LogP contribution in [0.15, 0.2) is 76.2 Å². The monoisotopic (exact) mass is 570 g/mol. The highest BCUT2D eigenvalue weighted by atomic mass is 127. The molecule has 1 amide bonds. The Kier molecular flexibility index (Phi) is 7.12. The summed E-state index contributed by atoms with van der Waals surface area (Å²) in [6.45, 7) is 0.243. The predicted molar refractivity (Wildman–Crippen MR) is 135 cm³/mol. The van der Waals surface area contributed by atoms with E-state index in [1.165, 1.54) is 25.5 Å². The number of carboxylic acids is 1. The zero-order chi connectivity index (χ0) is 24.1.